The van der Waals surface area contributed by atoms with Crippen LogP contribution >= 0.6 is 0 Å². The molecule has 0 aliphatic rings. The van der Waals surface area contributed by atoms with Gasteiger partial charge in [-0.05, 0) is 32.1 Å². The highest BCUT2D eigenvalue weighted by Crippen LogP contribution is 2.20. The fraction of sp³-hybridized carbons (Fsp3) is 0.800. The van der Waals surface area contributed by atoms with Crippen LogP contribution in [0.1, 0.15) is 96.8 Å². The molecular weight excluding hydrogens is 510 g/mol. The number of carbonyl (C=O) groups is 3. The molecule has 0 heterocycles. The zero-order valence-corrected chi connectivity index (χ0v) is 21.3. The van der Waals surface area contributed by atoms with Crippen molar-refractivity contribution in [2.24, 2.45) is 0 Å². The Bertz CT molecular complexity index is 676. The topological polar surface area (TPSA) is 78.9 Å². The first kappa shape index (κ1) is 34.7. The van der Waals surface area contributed by atoms with E-state index >= 15 is 0 Å². The third-order valence-electron chi connectivity index (χ3n) is 5.21. The minimum Gasteiger partial charge on any atom is -0.462 e. The van der Waals surface area contributed by atoms with Crippen molar-refractivity contribution in [3.05, 3.63) is 12.2 Å². The highest BCUT2D eigenvalue weighted by molar-refractivity contribution is 5.76. The van der Waals surface area contributed by atoms with E-state index in [0.717, 1.165) is 32.1 Å². The molecule has 0 aliphatic heterocycles. The smallest absolute Gasteiger partial charge is 0.462 e. The molecule has 0 amide bonds. The predicted molar refractivity (Wildman–Crippen MR) is 123 cm³/mol. The van der Waals surface area contributed by atoms with Gasteiger partial charge in [-0.2, -0.15) is 26.3 Å². The highest BCUT2D eigenvalue weighted by Gasteiger charge is 2.44. The Kier molecular flexibility index (Phi) is 18.6. The molecule has 0 bridgehead atoms. The average Bonchev–Trinajstić information content (AvgIpc) is 2.81. The molecule has 0 unspecified atom stereocenters. The Hall–Kier alpha value is -2.27. The van der Waals surface area contributed by atoms with E-state index in [-0.39, 0.29) is 6.42 Å². The number of halogens is 6. The number of unbranched alkanes of at least 4 members (excludes halogenated alkanes) is 11. The number of carbonyl (C=O) groups excluding carboxylic acids is 3. The van der Waals surface area contributed by atoms with Gasteiger partial charge in [-0.3, -0.25) is 4.79 Å². The Balaban J connectivity index is 4.05. The van der Waals surface area contributed by atoms with Gasteiger partial charge in [0.2, 0.25) is 0 Å². The first-order chi connectivity index (χ1) is 17.4. The van der Waals surface area contributed by atoms with Crippen LogP contribution in [0.15, 0.2) is 12.2 Å². The first-order valence-electron chi connectivity index (χ1n) is 12.7. The van der Waals surface area contributed by atoms with Crippen molar-refractivity contribution in [1.82, 2.24) is 0 Å². The van der Waals surface area contributed by atoms with Crippen LogP contribution < -0.4 is 0 Å². The average molecular weight is 549 g/mol. The molecular formula is C25H38F6O6. The van der Waals surface area contributed by atoms with Gasteiger partial charge in [0.25, 0.3) is 0 Å². The van der Waals surface area contributed by atoms with Crippen LogP contribution in [-0.4, -0.2) is 49.6 Å². The van der Waals surface area contributed by atoms with E-state index in [9.17, 15) is 40.7 Å². The maximum absolute atomic E-state index is 12.4. The van der Waals surface area contributed by atoms with Crippen LogP contribution in [0, 0.1) is 0 Å². The molecule has 0 rings (SSSR count). The van der Waals surface area contributed by atoms with Crippen molar-refractivity contribution in [2.75, 3.05) is 13.2 Å². The quantitative estimate of drug-likeness (QED) is 0.0529. The summed E-state index contributed by atoms with van der Waals surface area (Å²) in [5, 5.41) is 0. The standard InChI is InChI=1S/C25H38F6O6/c1-2-3-4-5-6-7-8-9-10-11-12-13-14-15-16-17-21(32)35-18-20(37-23(34)25(29,30)31)19-36-22(33)24(26,27)28/h9-10,20H,2-8,11-19H2,1H3/b10-9-/t20-/m0/s1. The Morgan fingerprint density at radius 1 is 0.649 bits per heavy atom. The summed E-state index contributed by atoms with van der Waals surface area (Å²) < 4.78 is 86.1. The van der Waals surface area contributed by atoms with E-state index < -0.39 is 49.6 Å². The normalized spacial score (nSPS) is 12.9. The Labute approximate surface area is 214 Å². The SMILES string of the molecule is CCCCCCCC/C=C\CCCCCCCC(=O)OC[C@@H](COC(=O)C(F)(F)F)OC(=O)C(F)(F)F. The van der Waals surface area contributed by atoms with Gasteiger partial charge in [-0.1, -0.05) is 70.4 Å². The van der Waals surface area contributed by atoms with Gasteiger partial charge in [-0.25, -0.2) is 9.59 Å². The highest BCUT2D eigenvalue weighted by atomic mass is 19.4. The van der Waals surface area contributed by atoms with Crippen molar-refractivity contribution in [2.45, 2.75) is 115 Å². The van der Waals surface area contributed by atoms with Gasteiger partial charge < -0.3 is 14.2 Å². The summed E-state index contributed by atoms with van der Waals surface area (Å²) >= 11 is 0. The number of esters is 3. The molecule has 0 N–H and O–H groups in total. The number of ether oxygens (including phenoxy) is 3. The molecule has 0 saturated carbocycles. The molecule has 0 fully saturated rings. The van der Waals surface area contributed by atoms with Crippen molar-refractivity contribution in [1.29, 1.82) is 0 Å². The van der Waals surface area contributed by atoms with Crippen LogP contribution in [0.4, 0.5) is 26.3 Å². The molecule has 0 aromatic carbocycles. The molecule has 1 atom stereocenters. The number of hydrogen-bond donors (Lipinski definition) is 0. The second kappa shape index (κ2) is 19.8. The number of rotatable bonds is 20. The van der Waals surface area contributed by atoms with Crippen LogP contribution in [0.3, 0.4) is 0 Å². The summed E-state index contributed by atoms with van der Waals surface area (Å²) in [4.78, 5) is 33.5. The van der Waals surface area contributed by atoms with E-state index in [1.165, 1.54) is 38.5 Å². The van der Waals surface area contributed by atoms with Crippen LogP contribution in [0.5, 0.6) is 0 Å². The lowest BCUT2D eigenvalue weighted by atomic mass is 10.1. The van der Waals surface area contributed by atoms with Gasteiger partial charge in [0.15, 0.2) is 6.10 Å². The van der Waals surface area contributed by atoms with Gasteiger partial charge >= 0.3 is 30.3 Å². The van der Waals surface area contributed by atoms with E-state index in [1.807, 2.05) is 0 Å². The molecule has 0 aliphatic carbocycles. The number of alkyl halides is 6. The minimum atomic E-state index is -5.43. The maximum Gasteiger partial charge on any atom is 0.490 e. The van der Waals surface area contributed by atoms with Crippen molar-refractivity contribution >= 4 is 17.9 Å². The van der Waals surface area contributed by atoms with Gasteiger partial charge in [0, 0.05) is 6.42 Å². The van der Waals surface area contributed by atoms with Crippen LogP contribution in [0.2, 0.25) is 0 Å². The van der Waals surface area contributed by atoms with Crippen molar-refractivity contribution < 1.29 is 54.9 Å². The third-order valence-corrected chi connectivity index (χ3v) is 5.21. The summed E-state index contributed by atoms with van der Waals surface area (Å²) in [6.45, 7) is -0.154. The molecule has 37 heavy (non-hydrogen) atoms. The van der Waals surface area contributed by atoms with Crippen LogP contribution in [-0.2, 0) is 28.6 Å². The third kappa shape index (κ3) is 20.5. The van der Waals surface area contributed by atoms with Crippen molar-refractivity contribution in [3.63, 3.8) is 0 Å². The zero-order valence-electron chi connectivity index (χ0n) is 21.3. The van der Waals surface area contributed by atoms with E-state index in [4.69, 9.17) is 0 Å². The second-order valence-corrected chi connectivity index (χ2v) is 8.64. The fourth-order valence-corrected chi connectivity index (χ4v) is 3.18. The molecule has 216 valence electrons. The Morgan fingerprint density at radius 2 is 1.11 bits per heavy atom. The fourth-order valence-electron chi connectivity index (χ4n) is 3.18. The van der Waals surface area contributed by atoms with Gasteiger partial charge in [-0.15, -0.1) is 0 Å². The molecule has 6 nitrogen and oxygen atoms in total. The number of hydrogen-bond acceptors (Lipinski definition) is 6. The molecule has 0 aromatic heterocycles. The Morgan fingerprint density at radius 3 is 1.62 bits per heavy atom. The minimum absolute atomic E-state index is 0.0690. The van der Waals surface area contributed by atoms with Crippen molar-refractivity contribution in [3.8, 4) is 0 Å². The summed E-state index contributed by atoms with van der Waals surface area (Å²) in [5.41, 5.74) is 0. The van der Waals surface area contributed by atoms with E-state index in [2.05, 4.69) is 33.3 Å². The summed E-state index contributed by atoms with van der Waals surface area (Å²) in [7, 11) is 0. The summed E-state index contributed by atoms with van der Waals surface area (Å²) in [5.74, 6) is -6.22. The van der Waals surface area contributed by atoms with E-state index in [1.54, 1.807) is 0 Å². The molecule has 0 aromatic rings. The molecule has 12 heteroatoms. The first-order valence-corrected chi connectivity index (χ1v) is 12.7. The predicted octanol–water partition coefficient (Wildman–Crippen LogP) is 7.15. The lowest BCUT2D eigenvalue weighted by Gasteiger charge is -2.19. The van der Waals surface area contributed by atoms with Gasteiger partial charge in [0.05, 0.1) is 0 Å². The lowest BCUT2D eigenvalue weighted by Crippen LogP contribution is -2.37. The summed E-state index contributed by atoms with van der Waals surface area (Å²) in [6, 6.07) is 0. The van der Waals surface area contributed by atoms with E-state index in [0.29, 0.717) is 12.8 Å². The molecule has 0 spiro atoms. The molecule has 0 radical (unpaired) electrons. The van der Waals surface area contributed by atoms with Crippen LogP contribution in [0.25, 0.3) is 0 Å². The monoisotopic (exact) mass is 548 g/mol. The largest absolute Gasteiger partial charge is 0.490 e. The second-order valence-electron chi connectivity index (χ2n) is 8.64. The van der Waals surface area contributed by atoms with Gasteiger partial charge in [0.1, 0.15) is 13.2 Å². The molecule has 0 saturated heterocycles. The zero-order chi connectivity index (χ0) is 28.2. The summed E-state index contributed by atoms with van der Waals surface area (Å²) in [6.07, 6.45) is 5.15. The maximum atomic E-state index is 12.4. The number of allylic oxidation sites excluding steroid dienone is 2. The lowest BCUT2D eigenvalue weighted by molar-refractivity contribution is -0.216.